The predicted octanol–water partition coefficient (Wildman–Crippen LogP) is 0.796. The van der Waals surface area contributed by atoms with Gasteiger partial charge in [-0.3, -0.25) is 23.4 Å². The highest BCUT2D eigenvalue weighted by atomic mass is 31.2. The summed E-state index contributed by atoms with van der Waals surface area (Å²) in [6.07, 6.45) is -0.882. The zero-order chi connectivity index (χ0) is 31.3. The van der Waals surface area contributed by atoms with Gasteiger partial charge in [0.25, 0.3) is 11.8 Å². The fourth-order valence-electron chi connectivity index (χ4n) is 4.28. The summed E-state index contributed by atoms with van der Waals surface area (Å²) in [7, 11) is -4.42. The molecule has 19 heteroatoms. The minimum absolute atomic E-state index is 0.0282. The summed E-state index contributed by atoms with van der Waals surface area (Å²) in [5.74, 6) is -3.92. The number of pyridine rings is 1. The lowest BCUT2D eigenvalue weighted by Gasteiger charge is -2.34. The molecule has 2 amide bonds. The maximum atomic E-state index is 14.0. The number of aromatic nitrogens is 1. The Morgan fingerprint density at radius 3 is 2.70 bits per heavy atom. The number of nitrogens with two attached hydrogens (primary N) is 1. The number of rotatable bonds is 12. The number of carbonyl (C=O) groups is 3. The molecule has 1 fully saturated rings. The van der Waals surface area contributed by atoms with E-state index in [9.17, 15) is 37.4 Å². The third-order valence-electron chi connectivity index (χ3n) is 6.22. The minimum Gasteiger partial charge on any atom is -0.451 e. The van der Waals surface area contributed by atoms with E-state index < -0.39 is 87.1 Å². The number of phosphoric acid groups is 1. The lowest BCUT2D eigenvalue weighted by molar-refractivity contribution is -0.00595. The molecule has 3 atom stereocenters. The van der Waals surface area contributed by atoms with Crippen molar-refractivity contribution < 1.29 is 60.6 Å². The van der Waals surface area contributed by atoms with Crippen LogP contribution in [-0.2, 0) is 40.9 Å². The second kappa shape index (κ2) is 13.6. The summed E-state index contributed by atoms with van der Waals surface area (Å²) in [4.78, 5) is 62.3. The molecule has 0 spiro atoms. The molecule has 234 valence electrons. The number of benzene rings is 1. The summed E-state index contributed by atoms with van der Waals surface area (Å²) in [5, 5.41) is 2.37. The van der Waals surface area contributed by atoms with Gasteiger partial charge in [-0.1, -0.05) is 6.07 Å². The summed E-state index contributed by atoms with van der Waals surface area (Å²) >= 11 is 0. The van der Waals surface area contributed by atoms with Crippen LogP contribution in [-0.4, -0.2) is 77.9 Å². The van der Waals surface area contributed by atoms with Gasteiger partial charge in [0.05, 0.1) is 25.8 Å². The largest absolute Gasteiger partial charge is 0.511 e. The highest BCUT2D eigenvalue weighted by Crippen LogP contribution is 2.42. The Morgan fingerprint density at radius 1 is 1.21 bits per heavy atom. The van der Waals surface area contributed by atoms with Gasteiger partial charge in [0.2, 0.25) is 18.0 Å². The normalized spacial score (nSPS) is 18.8. The van der Waals surface area contributed by atoms with Crippen LogP contribution in [0, 0.1) is 11.6 Å². The van der Waals surface area contributed by atoms with E-state index in [-0.39, 0.29) is 37.0 Å². The SMILES string of the molecule is CC1COC2Cn3cc(C(=O)NCc4ccc(F)cc4F)c(=O)c(OCOC(=O)OCCOP(=O)(O)OCN)c3C(=O)N12. The van der Waals surface area contributed by atoms with E-state index in [0.29, 0.717) is 6.07 Å². The van der Waals surface area contributed by atoms with E-state index in [2.05, 4.69) is 19.1 Å². The highest BCUT2D eigenvalue weighted by molar-refractivity contribution is 7.47. The van der Waals surface area contributed by atoms with Crippen LogP contribution in [0.25, 0.3) is 0 Å². The van der Waals surface area contributed by atoms with Crippen LogP contribution >= 0.6 is 7.82 Å². The maximum Gasteiger partial charge on any atom is 0.511 e. The van der Waals surface area contributed by atoms with Crippen molar-refractivity contribution in [1.29, 1.82) is 0 Å². The van der Waals surface area contributed by atoms with Gasteiger partial charge in [-0.25, -0.2) is 18.1 Å². The summed E-state index contributed by atoms with van der Waals surface area (Å²) in [6, 6.07) is 2.44. The van der Waals surface area contributed by atoms with Gasteiger partial charge in [0.15, 0.2) is 11.9 Å². The molecular formula is C24H27F2N4O12P. The number of ether oxygens (including phenoxy) is 4. The quantitative estimate of drug-likeness (QED) is 0.128. The van der Waals surface area contributed by atoms with Crippen molar-refractivity contribution in [2.24, 2.45) is 5.73 Å². The number of nitrogens with zero attached hydrogens (tertiary/aromatic N) is 2. The third kappa shape index (κ3) is 7.54. The van der Waals surface area contributed by atoms with Crippen molar-refractivity contribution >= 4 is 25.8 Å². The average molecular weight is 632 g/mol. The van der Waals surface area contributed by atoms with Crippen LogP contribution in [0.15, 0.2) is 29.2 Å². The first kappa shape index (κ1) is 32.0. The Kier molecular flexibility index (Phi) is 10.1. The number of fused-ring (bicyclic) bond motifs is 2. The number of hydrogen-bond acceptors (Lipinski definition) is 12. The van der Waals surface area contributed by atoms with Crippen molar-refractivity contribution in [3.05, 3.63) is 63.1 Å². The molecule has 0 bridgehead atoms. The van der Waals surface area contributed by atoms with Crippen molar-refractivity contribution in [2.75, 3.05) is 33.3 Å². The lowest BCUT2D eigenvalue weighted by Crippen LogP contribution is -2.49. The second-order valence-corrected chi connectivity index (χ2v) is 10.5. The summed E-state index contributed by atoms with van der Waals surface area (Å²) < 4.78 is 69.1. The van der Waals surface area contributed by atoms with Gasteiger partial charge in [-0.15, -0.1) is 0 Å². The summed E-state index contributed by atoms with van der Waals surface area (Å²) in [5.41, 5.74) is 3.18. The molecule has 43 heavy (non-hydrogen) atoms. The van der Waals surface area contributed by atoms with Crippen molar-refractivity contribution in [1.82, 2.24) is 14.8 Å². The first-order valence-electron chi connectivity index (χ1n) is 12.6. The molecule has 2 aliphatic heterocycles. The predicted molar refractivity (Wildman–Crippen MR) is 137 cm³/mol. The van der Waals surface area contributed by atoms with Gasteiger partial charge in [0, 0.05) is 24.4 Å². The Hall–Kier alpha value is -3.93. The van der Waals surface area contributed by atoms with Gasteiger partial charge in [-0.05, 0) is 13.0 Å². The number of amides is 2. The Morgan fingerprint density at radius 2 is 1.98 bits per heavy atom. The number of nitrogens with one attached hydrogen (secondary N) is 1. The van der Waals surface area contributed by atoms with Crippen molar-refractivity contribution in [2.45, 2.75) is 32.3 Å². The molecule has 16 nitrogen and oxygen atoms in total. The Balaban J connectivity index is 1.49. The van der Waals surface area contributed by atoms with Gasteiger partial charge in [0.1, 0.15) is 30.5 Å². The zero-order valence-corrected chi connectivity index (χ0v) is 23.4. The van der Waals surface area contributed by atoms with Gasteiger partial charge >= 0.3 is 14.0 Å². The van der Waals surface area contributed by atoms with Crippen LogP contribution in [0.2, 0.25) is 0 Å². The van der Waals surface area contributed by atoms with Gasteiger partial charge < -0.3 is 44.4 Å². The van der Waals surface area contributed by atoms with Crippen molar-refractivity contribution in [3.8, 4) is 5.75 Å². The minimum atomic E-state index is -4.42. The fraction of sp³-hybridized carbons (Fsp3) is 0.417. The van der Waals surface area contributed by atoms with Crippen LogP contribution in [0.4, 0.5) is 13.6 Å². The van der Waals surface area contributed by atoms with E-state index in [4.69, 9.17) is 19.9 Å². The van der Waals surface area contributed by atoms with E-state index in [1.54, 1.807) is 6.92 Å². The molecule has 1 aromatic heterocycles. The third-order valence-corrected chi connectivity index (χ3v) is 7.20. The number of hydrogen-bond donors (Lipinski definition) is 3. The molecular weight excluding hydrogens is 605 g/mol. The van der Waals surface area contributed by atoms with Crippen LogP contribution in [0.1, 0.15) is 33.3 Å². The van der Waals surface area contributed by atoms with Crippen LogP contribution in [0.3, 0.4) is 0 Å². The lowest BCUT2D eigenvalue weighted by atomic mass is 10.1. The molecule has 1 saturated heterocycles. The molecule has 4 rings (SSSR count). The van der Waals surface area contributed by atoms with E-state index in [0.717, 1.165) is 18.3 Å². The standard InChI is InChI=1S/C24H27F2N4O12P/c1-13-10-38-18-9-29-8-16(22(32)28-7-14-2-3-15(25)6-17(14)26)20(31)21(19(29)23(33)30(13)18)39-12-40-24(34)37-4-5-41-43(35,36)42-11-27/h2-3,6,8,13,18H,4-5,7,9-12,27H2,1H3,(H,28,32)(H,35,36). The smallest absolute Gasteiger partial charge is 0.451 e. The first-order valence-corrected chi connectivity index (χ1v) is 14.1. The zero-order valence-electron chi connectivity index (χ0n) is 22.5. The molecule has 3 heterocycles. The molecule has 0 radical (unpaired) electrons. The number of halogens is 2. The van der Waals surface area contributed by atoms with Crippen LogP contribution < -0.4 is 21.2 Å². The highest BCUT2D eigenvalue weighted by Gasteiger charge is 2.43. The molecule has 3 unspecified atom stereocenters. The first-order chi connectivity index (χ1) is 20.4. The van der Waals surface area contributed by atoms with Crippen LogP contribution in [0.5, 0.6) is 5.75 Å². The van der Waals surface area contributed by atoms with E-state index in [1.165, 1.54) is 9.47 Å². The fourth-order valence-corrected chi connectivity index (χ4v) is 4.85. The summed E-state index contributed by atoms with van der Waals surface area (Å²) in [6.45, 7) is -1.00. The van der Waals surface area contributed by atoms with Crippen molar-refractivity contribution in [3.63, 3.8) is 0 Å². The topological polar surface area (TPSA) is 207 Å². The Bertz CT molecular complexity index is 1510. The number of carbonyl (C=O) groups excluding carboxylic acids is 3. The molecule has 0 saturated carbocycles. The molecule has 0 aliphatic carbocycles. The second-order valence-electron chi connectivity index (χ2n) is 9.07. The molecule has 1 aromatic carbocycles. The average Bonchev–Trinajstić information content (AvgIpc) is 3.32. The van der Waals surface area contributed by atoms with E-state index >= 15 is 0 Å². The van der Waals surface area contributed by atoms with E-state index in [1.807, 2.05) is 0 Å². The number of phosphoric ester groups is 1. The monoisotopic (exact) mass is 632 g/mol. The maximum absolute atomic E-state index is 14.0. The van der Waals surface area contributed by atoms with Gasteiger partial charge in [-0.2, -0.15) is 0 Å². The molecule has 4 N–H and O–H groups in total. The molecule has 2 aliphatic rings. The molecule has 2 aromatic rings. The Labute approximate surface area is 241 Å².